The Hall–Kier alpha value is -3.16. The molecular formula is C17H20N6O2. The number of aromatic nitrogens is 2. The summed E-state index contributed by atoms with van der Waals surface area (Å²) in [5.41, 5.74) is 7.34. The number of carbonyl (C=O) groups is 2. The summed E-state index contributed by atoms with van der Waals surface area (Å²) in [5, 5.41) is 2.87. The van der Waals surface area contributed by atoms with E-state index in [1.54, 1.807) is 6.92 Å². The summed E-state index contributed by atoms with van der Waals surface area (Å²) in [7, 11) is 0. The van der Waals surface area contributed by atoms with Crippen molar-refractivity contribution in [3.05, 3.63) is 42.4 Å². The summed E-state index contributed by atoms with van der Waals surface area (Å²) in [6.07, 6.45) is 2.76. The number of rotatable bonds is 3. The van der Waals surface area contributed by atoms with Crippen molar-refractivity contribution in [2.45, 2.75) is 6.92 Å². The van der Waals surface area contributed by atoms with Gasteiger partial charge in [0, 0.05) is 33.1 Å². The average Bonchev–Trinajstić information content (AvgIpc) is 2.62. The van der Waals surface area contributed by atoms with E-state index in [-0.39, 0.29) is 23.3 Å². The summed E-state index contributed by atoms with van der Waals surface area (Å²) >= 11 is 0. The number of nitrogen functional groups attached to an aromatic ring is 1. The van der Waals surface area contributed by atoms with Crippen LogP contribution in [-0.2, 0) is 4.79 Å². The molecule has 1 aliphatic heterocycles. The third kappa shape index (κ3) is 3.85. The first-order chi connectivity index (χ1) is 12.0. The van der Waals surface area contributed by atoms with E-state index in [2.05, 4.69) is 20.2 Å². The van der Waals surface area contributed by atoms with Gasteiger partial charge in [0.2, 0.25) is 5.91 Å². The van der Waals surface area contributed by atoms with Crippen LogP contribution in [0.3, 0.4) is 0 Å². The second-order valence-corrected chi connectivity index (χ2v) is 5.79. The fourth-order valence-electron chi connectivity index (χ4n) is 2.79. The third-order valence-electron chi connectivity index (χ3n) is 4.10. The maximum absolute atomic E-state index is 12.4. The molecule has 1 aromatic heterocycles. The van der Waals surface area contributed by atoms with Crippen LogP contribution in [0.15, 0.2) is 36.7 Å². The van der Waals surface area contributed by atoms with E-state index < -0.39 is 0 Å². The first-order valence-electron chi connectivity index (χ1n) is 8.03. The largest absolute Gasteiger partial charge is 0.382 e. The van der Waals surface area contributed by atoms with Gasteiger partial charge < -0.3 is 20.9 Å². The highest BCUT2D eigenvalue weighted by Crippen LogP contribution is 2.27. The maximum atomic E-state index is 12.4. The van der Waals surface area contributed by atoms with Gasteiger partial charge in [-0.15, -0.1) is 0 Å². The SMILES string of the molecule is CC(=O)N1CCN(c2ccccc2NC(=O)c2cncc(N)n2)CC1. The summed E-state index contributed by atoms with van der Waals surface area (Å²) < 4.78 is 0. The van der Waals surface area contributed by atoms with Gasteiger partial charge in [0.1, 0.15) is 11.5 Å². The van der Waals surface area contributed by atoms with Crippen molar-refractivity contribution in [1.29, 1.82) is 0 Å². The minimum atomic E-state index is -0.366. The van der Waals surface area contributed by atoms with E-state index in [1.807, 2.05) is 29.2 Å². The van der Waals surface area contributed by atoms with Crippen LogP contribution in [-0.4, -0.2) is 52.9 Å². The number of anilines is 3. The first kappa shape index (κ1) is 16.7. The Bertz CT molecular complexity index is 786. The molecule has 1 aromatic carbocycles. The van der Waals surface area contributed by atoms with Crippen molar-refractivity contribution in [3.8, 4) is 0 Å². The number of benzene rings is 1. The van der Waals surface area contributed by atoms with Crippen molar-refractivity contribution in [2.75, 3.05) is 42.1 Å². The molecule has 1 aliphatic rings. The fourth-order valence-corrected chi connectivity index (χ4v) is 2.79. The second kappa shape index (κ2) is 7.16. The molecule has 0 spiro atoms. The maximum Gasteiger partial charge on any atom is 0.276 e. The van der Waals surface area contributed by atoms with Crippen LogP contribution in [0.4, 0.5) is 17.2 Å². The zero-order valence-corrected chi connectivity index (χ0v) is 14.0. The molecule has 0 aliphatic carbocycles. The van der Waals surface area contributed by atoms with Crippen molar-refractivity contribution in [3.63, 3.8) is 0 Å². The van der Waals surface area contributed by atoms with Crippen LogP contribution in [0.25, 0.3) is 0 Å². The standard InChI is InChI=1S/C17H20N6O2/c1-12(24)22-6-8-23(9-7-22)15-5-3-2-4-13(15)21-17(25)14-10-19-11-16(18)20-14/h2-5,10-11H,6-9H2,1H3,(H2,18,20)(H,21,25). The summed E-state index contributed by atoms with van der Waals surface area (Å²) in [4.78, 5) is 35.7. The van der Waals surface area contributed by atoms with Crippen LogP contribution < -0.4 is 16.0 Å². The van der Waals surface area contributed by atoms with E-state index in [4.69, 9.17) is 5.73 Å². The lowest BCUT2D eigenvalue weighted by molar-refractivity contribution is -0.129. The Balaban J connectivity index is 1.75. The molecule has 2 aromatic rings. The van der Waals surface area contributed by atoms with E-state index in [0.717, 1.165) is 5.69 Å². The molecule has 1 fully saturated rings. The molecule has 2 amide bonds. The molecule has 1 saturated heterocycles. The lowest BCUT2D eigenvalue weighted by atomic mass is 10.2. The lowest BCUT2D eigenvalue weighted by Crippen LogP contribution is -2.48. The van der Waals surface area contributed by atoms with Gasteiger partial charge in [-0.3, -0.25) is 14.6 Å². The first-order valence-corrected chi connectivity index (χ1v) is 8.03. The van der Waals surface area contributed by atoms with Crippen LogP contribution in [0.2, 0.25) is 0 Å². The Morgan fingerprint density at radius 1 is 1.12 bits per heavy atom. The van der Waals surface area contributed by atoms with Crippen LogP contribution >= 0.6 is 0 Å². The molecule has 0 bridgehead atoms. The zero-order chi connectivity index (χ0) is 17.8. The Morgan fingerprint density at radius 3 is 2.52 bits per heavy atom. The molecule has 0 saturated carbocycles. The van der Waals surface area contributed by atoms with Crippen LogP contribution in [0.5, 0.6) is 0 Å². The number of nitrogens with zero attached hydrogens (tertiary/aromatic N) is 4. The molecule has 130 valence electrons. The fraction of sp³-hybridized carbons (Fsp3) is 0.294. The van der Waals surface area contributed by atoms with Crippen molar-refractivity contribution >= 4 is 29.0 Å². The molecule has 25 heavy (non-hydrogen) atoms. The second-order valence-electron chi connectivity index (χ2n) is 5.79. The smallest absolute Gasteiger partial charge is 0.276 e. The predicted octanol–water partition coefficient (Wildman–Crippen LogP) is 0.980. The molecule has 3 rings (SSSR count). The van der Waals surface area contributed by atoms with Gasteiger partial charge in [-0.25, -0.2) is 4.98 Å². The minimum absolute atomic E-state index is 0.0847. The lowest BCUT2D eigenvalue weighted by Gasteiger charge is -2.36. The Labute approximate surface area is 145 Å². The number of nitrogens with one attached hydrogen (secondary N) is 1. The molecule has 0 atom stereocenters. The van der Waals surface area contributed by atoms with Crippen LogP contribution in [0.1, 0.15) is 17.4 Å². The van der Waals surface area contributed by atoms with Gasteiger partial charge in [-0.05, 0) is 12.1 Å². The number of hydrogen-bond donors (Lipinski definition) is 2. The van der Waals surface area contributed by atoms with Gasteiger partial charge in [-0.2, -0.15) is 0 Å². The summed E-state index contributed by atoms with van der Waals surface area (Å²) in [5.74, 6) is -0.0857. The molecule has 3 N–H and O–H groups in total. The van der Waals surface area contributed by atoms with E-state index in [9.17, 15) is 9.59 Å². The highest BCUT2D eigenvalue weighted by Gasteiger charge is 2.21. The summed E-state index contributed by atoms with van der Waals surface area (Å²) in [6, 6.07) is 7.56. The normalized spacial score (nSPS) is 14.3. The van der Waals surface area contributed by atoms with Gasteiger partial charge in [0.05, 0.1) is 23.8 Å². The summed E-state index contributed by atoms with van der Waals surface area (Å²) in [6.45, 7) is 4.34. The number of para-hydroxylation sites is 2. The highest BCUT2D eigenvalue weighted by molar-refractivity contribution is 6.04. The van der Waals surface area contributed by atoms with E-state index in [1.165, 1.54) is 12.4 Å². The topological polar surface area (TPSA) is 104 Å². The number of hydrogen-bond acceptors (Lipinski definition) is 6. The monoisotopic (exact) mass is 340 g/mol. The van der Waals surface area contributed by atoms with Crippen molar-refractivity contribution in [2.24, 2.45) is 0 Å². The minimum Gasteiger partial charge on any atom is -0.382 e. The number of amides is 2. The molecule has 2 heterocycles. The quantitative estimate of drug-likeness (QED) is 0.863. The predicted molar refractivity (Wildman–Crippen MR) is 95.3 cm³/mol. The molecular weight excluding hydrogens is 320 g/mol. The van der Waals surface area contributed by atoms with Gasteiger partial charge >= 0.3 is 0 Å². The molecule has 0 unspecified atom stereocenters. The molecule has 0 radical (unpaired) electrons. The van der Waals surface area contributed by atoms with Crippen molar-refractivity contribution < 1.29 is 9.59 Å². The van der Waals surface area contributed by atoms with Gasteiger partial charge in [0.15, 0.2) is 0 Å². The van der Waals surface area contributed by atoms with E-state index in [0.29, 0.717) is 31.9 Å². The van der Waals surface area contributed by atoms with Crippen LogP contribution in [0, 0.1) is 0 Å². The Kier molecular flexibility index (Phi) is 4.78. The molecule has 8 nitrogen and oxygen atoms in total. The van der Waals surface area contributed by atoms with E-state index >= 15 is 0 Å². The van der Waals surface area contributed by atoms with Crippen molar-refractivity contribution in [1.82, 2.24) is 14.9 Å². The average molecular weight is 340 g/mol. The highest BCUT2D eigenvalue weighted by atomic mass is 16.2. The van der Waals surface area contributed by atoms with Gasteiger partial charge in [-0.1, -0.05) is 12.1 Å². The third-order valence-corrected chi connectivity index (χ3v) is 4.10. The zero-order valence-electron chi connectivity index (χ0n) is 14.0. The number of carbonyl (C=O) groups excluding carboxylic acids is 2. The Morgan fingerprint density at radius 2 is 1.84 bits per heavy atom. The van der Waals surface area contributed by atoms with Gasteiger partial charge in [0.25, 0.3) is 5.91 Å². The number of nitrogens with two attached hydrogens (primary N) is 1. The number of piperazine rings is 1. The molecule has 8 heteroatoms.